The number of carbonyl (C=O) groups is 2. The molecule has 1 unspecified atom stereocenters. The molecule has 71 heavy (non-hydrogen) atoms. The van der Waals surface area contributed by atoms with Crippen LogP contribution in [0, 0.1) is 11.3 Å². The van der Waals surface area contributed by atoms with Gasteiger partial charge in [0.15, 0.2) is 12.3 Å². The summed E-state index contributed by atoms with van der Waals surface area (Å²) in [7, 11) is 1.15. The number of aromatic nitrogens is 2. The smallest absolute Gasteiger partial charge is 0.330 e. The van der Waals surface area contributed by atoms with Crippen molar-refractivity contribution in [1.29, 1.82) is 5.26 Å². The zero-order valence-electron chi connectivity index (χ0n) is 41.3. The first kappa shape index (κ1) is 52.8. The van der Waals surface area contributed by atoms with E-state index in [0.717, 1.165) is 41.0 Å². The van der Waals surface area contributed by atoms with Gasteiger partial charge in [0.25, 0.3) is 25.9 Å². The van der Waals surface area contributed by atoms with Crippen molar-refractivity contribution in [2.24, 2.45) is 0 Å². The van der Waals surface area contributed by atoms with Crippen molar-refractivity contribution < 1.29 is 42.4 Å². The molecule has 17 nitrogen and oxygen atoms in total. The Morgan fingerprint density at radius 3 is 1.87 bits per heavy atom. The van der Waals surface area contributed by atoms with E-state index >= 15 is 0 Å². The number of benzene rings is 4. The van der Waals surface area contributed by atoms with Crippen molar-refractivity contribution in [2.75, 3.05) is 34.0 Å². The van der Waals surface area contributed by atoms with Crippen LogP contribution in [0.1, 0.15) is 110 Å². The summed E-state index contributed by atoms with van der Waals surface area (Å²) in [4.78, 5) is 64.6. The summed E-state index contributed by atoms with van der Waals surface area (Å²) in [6.45, 7) is 10.0. The van der Waals surface area contributed by atoms with E-state index in [1.54, 1.807) is 38.5 Å². The summed E-state index contributed by atoms with van der Waals surface area (Å²) in [6.07, 6.45) is -0.509. The van der Waals surface area contributed by atoms with Gasteiger partial charge >= 0.3 is 5.69 Å². The van der Waals surface area contributed by atoms with Crippen molar-refractivity contribution >= 4 is 20.3 Å². The molecule has 7 rings (SSSR count). The lowest BCUT2D eigenvalue weighted by Crippen LogP contribution is -2.52. The highest BCUT2D eigenvalue weighted by Gasteiger charge is 2.54. The molecule has 0 bridgehead atoms. The average Bonchev–Trinajstić information content (AvgIpc) is 3.83. The molecule has 0 aliphatic carbocycles. The lowest BCUT2D eigenvalue weighted by Gasteiger charge is -2.40. The third kappa shape index (κ3) is 11.7. The first-order chi connectivity index (χ1) is 34.4. The topological polar surface area (TPSA) is 187 Å². The second-order valence-corrected chi connectivity index (χ2v) is 19.1. The van der Waals surface area contributed by atoms with E-state index in [0.29, 0.717) is 17.9 Å². The molecule has 1 fully saturated rings. The standard InChI is InChI=1S/C53H63N6O11P/c1-8-9-10-16-32-57(58-49(61)43-20-14-15-21-44(43)50(58)62)69-48-47(70-71(67-34-17-31-54)59(36(2)3)37(4)5)45(68-51(48)56-33-30-46(60)55-52(56)63)35-66-53(38-18-12-11-13-19-38,39-22-26-41(64-6)27-23-39)40-24-28-42(65-7)29-25-40/h11-15,18-30,33,36-37,45,47-48,51H,8-10,16-17,32,34-35H2,1-7H3,(H,55,60,63)/t45-,47-,48-,51-,71?/m1/s1. The number of nitriles is 1. The van der Waals surface area contributed by atoms with Crippen molar-refractivity contribution in [3.05, 3.63) is 164 Å². The second kappa shape index (κ2) is 24.4. The van der Waals surface area contributed by atoms with Crippen LogP contribution in [0.25, 0.3) is 0 Å². The Bertz CT molecular complexity index is 2620. The van der Waals surface area contributed by atoms with E-state index < -0.39 is 61.7 Å². The van der Waals surface area contributed by atoms with Gasteiger partial charge < -0.3 is 28.0 Å². The van der Waals surface area contributed by atoms with Gasteiger partial charge in [-0.3, -0.25) is 28.8 Å². The first-order valence-electron chi connectivity index (χ1n) is 24.0. The quantitative estimate of drug-likeness (QED) is 0.0193. The summed E-state index contributed by atoms with van der Waals surface area (Å²) in [5, 5.41) is 11.9. The van der Waals surface area contributed by atoms with Crippen molar-refractivity contribution in [1.82, 2.24) is 24.4 Å². The van der Waals surface area contributed by atoms with Crippen LogP contribution in [0.15, 0.2) is 125 Å². The Kier molecular flexibility index (Phi) is 18.1. The zero-order chi connectivity index (χ0) is 50.7. The summed E-state index contributed by atoms with van der Waals surface area (Å²) < 4.78 is 42.6. The number of fused-ring (bicyclic) bond motifs is 1. The van der Waals surface area contributed by atoms with Gasteiger partial charge in [0.2, 0.25) is 0 Å². The van der Waals surface area contributed by atoms with Crippen LogP contribution >= 0.6 is 8.53 Å². The highest BCUT2D eigenvalue weighted by atomic mass is 31.2. The molecule has 18 heteroatoms. The Labute approximate surface area is 415 Å². The van der Waals surface area contributed by atoms with Crippen LogP contribution in [0.5, 0.6) is 11.5 Å². The molecule has 5 atom stereocenters. The normalized spacial score (nSPS) is 18.4. The maximum Gasteiger partial charge on any atom is 0.330 e. The van der Waals surface area contributed by atoms with E-state index in [-0.39, 0.29) is 49.4 Å². The molecule has 5 aromatic rings. The van der Waals surface area contributed by atoms with Crippen molar-refractivity contribution in [3.63, 3.8) is 0 Å². The number of ether oxygens (including phenoxy) is 4. The third-order valence-corrected chi connectivity index (χ3v) is 14.5. The molecule has 4 aromatic carbocycles. The maximum absolute atomic E-state index is 14.3. The molecule has 2 amide bonds. The number of hydroxylamine groups is 1. The molecule has 1 N–H and O–H groups in total. The largest absolute Gasteiger partial charge is 0.497 e. The maximum atomic E-state index is 14.3. The lowest BCUT2D eigenvalue weighted by atomic mass is 9.80. The molecular formula is C53H63N6O11P. The van der Waals surface area contributed by atoms with Gasteiger partial charge in [-0.15, -0.1) is 0 Å². The van der Waals surface area contributed by atoms with Crippen molar-refractivity contribution in [3.8, 4) is 17.6 Å². The number of unbranched alkanes of at least 4 members (excludes halogenated alkanes) is 3. The predicted octanol–water partition coefficient (Wildman–Crippen LogP) is 8.51. The van der Waals surface area contributed by atoms with Crippen LogP contribution in [0.2, 0.25) is 0 Å². The van der Waals surface area contributed by atoms with Gasteiger partial charge in [0, 0.05) is 30.9 Å². The second-order valence-electron chi connectivity index (χ2n) is 17.7. The highest BCUT2D eigenvalue weighted by Crippen LogP contribution is 2.51. The number of hydrazine groups is 1. The number of nitrogens with one attached hydrogen (secondary N) is 1. The number of H-pyrrole nitrogens is 1. The number of imide groups is 1. The van der Waals surface area contributed by atoms with E-state index in [1.807, 2.05) is 107 Å². The fraction of sp³-hybridized carbons (Fsp3) is 0.415. The van der Waals surface area contributed by atoms with Gasteiger partial charge in [0.1, 0.15) is 29.3 Å². The monoisotopic (exact) mass is 990 g/mol. The molecule has 376 valence electrons. The zero-order valence-corrected chi connectivity index (χ0v) is 42.2. The van der Waals surface area contributed by atoms with Crippen LogP contribution in [0.3, 0.4) is 0 Å². The van der Waals surface area contributed by atoms with Crippen LogP contribution in [-0.2, 0) is 29.0 Å². The van der Waals surface area contributed by atoms with Crippen molar-refractivity contribution in [2.45, 2.75) is 109 Å². The van der Waals surface area contributed by atoms with E-state index in [4.69, 9.17) is 32.8 Å². The molecule has 2 aliphatic heterocycles. The Hall–Kier alpha value is -6.06. The van der Waals surface area contributed by atoms with Crippen LogP contribution in [0.4, 0.5) is 0 Å². The minimum absolute atomic E-state index is 0.0336. The number of nitrogens with zero attached hydrogens (tertiary/aromatic N) is 5. The SMILES string of the molecule is CCCCCCN(O[C@@H]1[C@H](OP(OCCC#N)N(C(C)C)C(C)C)[C@@H](COC(c2ccccc2)(c2ccc(OC)cc2)c2ccc(OC)cc2)O[C@H]1n1ccc(=O)[nH]c1=O)N1C(=O)c2ccccc2C1=O. The Morgan fingerprint density at radius 2 is 1.34 bits per heavy atom. The fourth-order valence-electron chi connectivity index (χ4n) is 9.01. The summed E-state index contributed by atoms with van der Waals surface area (Å²) >= 11 is 0. The molecular weight excluding hydrogens is 928 g/mol. The number of hydrogen-bond donors (Lipinski definition) is 1. The predicted molar refractivity (Wildman–Crippen MR) is 266 cm³/mol. The van der Waals surface area contributed by atoms with Gasteiger partial charge in [0.05, 0.1) is 51.1 Å². The molecule has 1 saturated heterocycles. The summed E-state index contributed by atoms with van der Waals surface area (Å²) in [6, 6.07) is 34.5. The fourth-order valence-corrected chi connectivity index (χ4v) is 10.8. The minimum Gasteiger partial charge on any atom is -0.497 e. The molecule has 0 spiro atoms. The molecule has 0 saturated carbocycles. The number of hydrogen-bond acceptors (Lipinski definition) is 14. The van der Waals surface area contributed by atoms with Crippen LogP contribution < -0.4 is 20.7 Å². The Morgan fingerprint density at radius 1 is 0.761 bits per heavy atom. The number of rotatable bonds is 25. The average molecular weight is 991 g/mol. The van der Waals surface area contributed by atoms with E-state index in [2.05, 4.69) is 22.6 Å². The highest BCUT2D eigenvalue weighted by molar-refractivity contribution is 7.44. The van der Waals surface area contributed by atoms with Gasteiger partial charge in [-0.05, 0) is 87.2 Å². The number of carbonyl (C=O) groups excluding carboxylic acids is 2. The van der Waals surface area contributed by atoms with Gasteiger partial charge in [-0.25, -0.2) is 9.46 Å². The molecule has 0 radical (unpaired) electrons. The van der Waals surface area contributed by atoms with E-state index in [1.165, 1.54) is 22.0 Å². The number of aromatic amines is 1. The molecule has 2 aliphatic rings. The minimum atomic E-state index is -2.04. The van der Waals surface area contributed by atoms with Crippen LogP contribution in [-0.4, -0.2) is 101 Å². The summed E-state index contributed by atoms with van der Waals surface area (Å²) in [5.41, 5.74) is -0.108. The summed E-state index contributed by atoms with van der Waals surface area (Å²) in [5.74, 6) is 0.0903. The molecule has 3 heterocycles. The molecule has 1 aromatic heterocycles. The van der Waals surface area contributed by atoms with Gasteiger partial charge in [-0.2, -0.15) is 10.3 Å². The number of amides is 2. The van der Waals surface area contributed by atoms with E-state index in [9.17, 15) is 24.4 Å². The Balaban J connectivity index is 1.42. The number of methoxy groups -OCH3 is 2. The third-order valence-electron chi connectivity index (χ3n) is 12.4. The first-order valence-corrected chi connectivity index (χ1v) is 25.1. The van der Waals surface area contributed by atoms with Gasteiger partial charge in [-0.1, -0.05) is 98.1 Å². The lowest BCUT2D eigenvalue weighted by molar-refractivity contribution is -0.294.